The van der Waals surface area contributed by atoms with Crippen molar-refractivity contribution in [3.05, 3.63) is 0 Å². The maximum absolute atomic E-state index is 6.00. The first-order chi connectivity index (χ1) is 7.19. The lowest BCUT2D eigenvalue weighted by molar-refractivity contribution is 0.258. The van der Waals surface area contributed by atoms with E-state index in [0.717, 1.165) is 17.8 Å². The molecule has 0 aromatic rings. The standard InChI is InChI=1S/C13H26N2/c1-3-4-10(2)7-15-8-11-5-13(14)6-12(11)9-15/h10-13H,3-9,14H2,1-2H3/t10?,11-,12?,13?/m1/s1. The molecule has 1 aliphatic heterocycles. The first kappa shape index (κ1) is 11.4. The van der Waals surface area contributed by atoms with E-state index >= 15 is 0 Å². The fraction of sp³-hybridized carbons (Fsp3) is 1.00. The predicted octanol–water partition coefficient (Wildman–Crippen LogP) is 2.09. The number of likely N-dealkylation sites (tertiary alicyclic amines) is 1. The highest BCUT2D eigenvalue weighted by Gasteiger charge is 2.39. The lowest BCUT2D eigenvalue weighted by Crippen LogP contribution is -2.29. The molecule has 2 rings (SSSR count). The van der Waals surface area contributed by atoms with Gasteiger partial charge in [0.15, 0.2) is 0 Å². The zero-order chi connectivity index (χ0) is 10.8. The highest BCUT2D eigenvalue weighted by Crippen LogP contribution is 2.37. The molecule has 4 atom stereocenters. The Morgan fingerprint density at radius 1 is 1.27 bits per heavy atom. The van der Waals surface area contributed by atoms with Gasteiger partial charge in [0.1, 0.15) is 0 Å². The second kappa shape index (κ2) is 4.84. The smallest absolute Gasteiger partial charge is 0.00452 e. The van der Waals surface area contributed by atoms with Crippen LogP contribution in [0.2, 0.25) is 0 Å². The van der Waals surface area contributed by atoms with Gasteiger partial charge in [0.2, 0.25) is 0 Å². The van der Waals surface area contributed by atoms with E-state index in [1.807, 2.05) is 0 Å². The summed E-state index contributed by atoms with van der Waals surface area (Å²) in [7, 11) is 0. The van der Waals surface area contributed by atoms with Gasteiger partial charge in [-0.1, -0.05) is 20.3 Å². The van der Waals surface area contributed by atoms with Crippen molar-refractivity contribution in [2.75, 3.05) is 19.6 Å². The molecular formula is C13H26N2. The van der Waals surface area contributed by atoms with Gasteiger partial charge >= 0.3 is 0 Å². The minimum atomic E-state index is 0.509. The summed E-state index contributed by atoms with van der Waals surface area (Å²) in [4.78, 5) is 2.68. The zero-order valence-corrected chi connectivity index (χ0v) is 10.3. The van der Waals surface area contributed by atoms with Crippen LogP contribution in [-0.2, 0) is 0 Å². The van der Waals surface area contributed by atoms with Crippen LogP contribution in [0.3, 0.4) is 0 Å². The van der Waals surface area contributed by atoms with E-state index in [9.17, 15) is 0 Å². The molecule has 1 heterocycles. The summed E-state index contributed by atoms with van der Waals surface area (Å²) in [5.74, 6) is 2.73. The lowest BCUT2D eigenvalue weighted by Gasteiger charge is -2.21. The van der Waals surface area contributed by atoms with Crippen molar-refractivity contribution in [2.24, 2.45) is 23.5 Å². The molecule has 1 saturated heterocycles. The average molecular weight is 210 g/mol. The summed E-state index contributed by atoms with van der Waals surface area (Å²) in [6, 6.07) is 0.509. The molecule has 2 N–H and O–H groups in total. The van der Waals surface area contributed by atoms with Crippen LogP contribution >= 0.6 is 0 Å². The zero-order valence-electron chi connectivity index (χ0n) is 10.3. The Labute approximate surface area is 94.2 Å². The molecule has 0 spiro atoms. The van der Waals surface area contributed by atoms with Crippen molar-refractivity contribution in [1.29, 1.82) is 0 Å². The second-order valence-electron chi connectivity index (χ2n) is 5.86. The van der Waals surface area contributed by atoms with Gasteiger partial charge in [0.25, 0.3) is 0 Å². The molecule has 3 unspecified atom stereocenters. The Balaban J connectivity index is 1.75. The van der Waals surface area contributed by atoms with Crippen LogP contribution in [0.5, 0.6) is 0 Å². The summed E-state index contributed by atoms with van der Waals surface area (Å²) < 4.78 is 0. The summed E-state index contributed by atoms with van der Waals surface area (Å²) in [6.45, 7) is 8.65. The summed E-state index contributed by atoms with van der Waals surface area (Å²) >= 11 is 0. The van der Waals surface area contributed by atoms with Gasteiger partial charge in [0.05, 0.1) is 0 Å². The minimum absolute atomic E-state index is 0.509. The normalized spacial score (nSPS) is 38.2. The maximum Gasteiger partial charge on any atom is 0.00452 e. The Hall–Kier alpha value is -0.0800. The number of hydrogen-bond acceptors (Lipinski definition) is 2. The summed E-state index contributed by atoms with van der Waals surface area (Å²) in [6.07, 6.45) is 5.27. The van der Waals surface area contributed by atoms with Crippen LogP contribution in [-0.4, -0.2) is 30.6 Å². The molecule has 0 amide bonds. The Bertz CT molecular complexity index is 188. The summed E-state index contributed by atoms with van der Waals surface area (Å²) in [5, 5.41) is 0. The molecule has 2 nitrogen and oxygen atoms in total. The number of fused-ring (bicyclic) bond motifs is 1. The van der Waals surface area contributed by atoms with Crippen LogP contribution in [0.1, 0.15) is 39.5 Å². The van der Waals surface area contributed by atoms with Crippen LogP contribution < -0.4 is 5.73 Å². The number of hydrogen-bond donors (Lipinski definition) is 1. The van der Waals surface area contributed by atoms with Crippen LogP contribution in [0.4, 0.5) is 0 Å². The Kier molecular flexibility index (Phi) is 3.68. The SMILES string of the molecule is CCCC(C)CN1CC2CC(N)C[C@@H]2C1. The van der Waals surface area contributed by atoms with E-state index < -0.39 is 0 Å². The van der Waals surface area contributed by atoms with E-state index in [-0.39, 0.29) is 0 Å². The number of nitrogens with two attached hydrogens (primary N) is 1. The molecule has 0 aromatic carbocycles. The molecule has 2 fully saturated rings. The van der Waals surface area contributed by atoms with Gasteiger partial charge in [0, 0.05) is 25.7 Å². The minimum Gasteiger partial charge on any atom is -0.328 e. The van der Waals surface area contributed by atoms with Gasteiger partial charge in [-0.2, -0.15) is 0 Å². The van der Waals surface area contributed by atoms with E-state index in [4.69, 9.17) is 5.73 Å². The van der Waals surface area contributed by atoms with Crippen molar-refractivity contribution >= 4 is 0 Å². The first-order valence-electron chi connectivity index (χ1n) is 6.67. The van der Waals surface area contributed by atoms with Crippen molar-refractivity contribution < 1.29 is 0 Å². The second-order valence-corrected chi connectivity index (χ2v) is 5.86. The van der Waals surface area contributed by atoms with Gasteiger partial charge in [-0.15, -0.1) is 0 Å². The van der Waals surface area contributed by atoms with Crippen LogP contribution in [0.25, 0.3) is 0 Å². The predicted molar refractivity (Wildman–Crippen MR) is 64.7 cm³/mol. The molecule has 0 aromatic heterocycles. The molecule has 2 aliphatic rings. The Morgan fingerprint density at radius 3 is 2.40 bits per heavy atom. The van der Waals surface area contributed by atoms with Gasteiger partial charge in [-0.05, 0) is 37.0 Å². The highest BCUT2D eigenvalue weighted by molar-refractivity contribution is 4.93. The average Bonchev–Trinajstić information content (AvgIpc) is 2.60. The van der Waals surface area contributed by atoms with Crippen LogP contribution in [0, 0.1) is 17.8 Å². The molecule has 1 saturated carbocycles. The van der Waals surface area contributed by atoms with Crippen molar-refractivity contribution in [3.63, 3.8) is 0 Å². The fourth-order valence-electron chi connectivity index (χ4n) is 3.62. The molecule has 0 radical (unpaired) electrons. The lowest BCUT2D eigenvalue weighted by atomic mass is 10.0. The Morgan fingerprint density at radius 2 is 1.87 bits per heavy atom. The third-order valence-corrected chi connectivity index (χ3v) is 4.21. The van der Waals surface area contributed by atoms with E-state index in [0.29, 0.717) is 6.04 Å². The highest BCUT2D eigenvalue weighted by atomic mass is 15.2. The van der Waals surface area contributed by atoms with Crippen molar-refractivity contribution in [3.8, 4) is 0 Å². The fourth-order valence-corrected chi connectivity index (χ4v) is 3.62. The first-order valence-corrected chi connectivity index (χ1v) is 6.67. The third-order valence-electron chi connectivity index (χ3n) is 4.21. The number of nitrogens with zero attached hydrogens (tertiary/aromatic N) is 1. The molecular weight excluding hydrogens is 184 g/mol. The van der Waals surface area contributed by atoms with Gasteiger partial charge < -0.3 is 10.6 Å². The van der Waals surface area contributed by atoms with E-state index in [1.54, 1.807) is 0 Å². The molecule has 2 heteroatoms. The third kappa shape index (κ3) is 2.73. The number of rotatable bonds is 4. The van der Waals surface area contributed by atoms with Gasteiger partial charge in [-0.3, -0.25) is 0 Å². The maximum atomic E-state index is 6.00. The van der Waals surface area contributed by atoms with Crippen LogP contribution in [0.15, 0.2) is 0 Å². The molecule has 15 heavy (non-hydrogen) atoms. The largest absolute Gasteiger partial charge is 0.328 e. The molecule has 1 aliphatic carbocycles. The molecule has 88 valence electrons. The monoisotopic (exact) mass is 210 g/mol. The van der Waals surface area contributed by atoms with Crippen molar-refractivity contribution in [2.45, 2.75) is 45.6 Å². The van der Waals surface area contributed by atoms with Gasteiger partial charge in [-0.25, -0.2) is 0 Å². The van der Waals surface area contributed by atoms with Crippen molar-refractivity contribution in [1.82, 2.24) is 4.90 Å². The topological polar surface area (TPSA) is 29.3 Å². The molecule has 0 bridgehead atoms. The quantitative estimate of drug-likeness (QED) is 0.770. The summed E-state index contributed by atoms with van der Waals surface area (Å²) in [5.41, 5.74) is 6.00. The van der Waals surface area contributed by atoms with E-state index in [1.165, 1.54) is 45.3 Å². The van der Waals surface area contributed by atoms with E-state index in [2.05, 4.69) is 18.7 Å².